The molecule has 2 rings (SSSR count). The maximum atomic E-state index is 11.9. The van der Waals surface area contributed by atoms with Gasteiger partial charge in [-0.1, -0.05) is 0 Å². The minimum absolute atomic E-state index is 0.00253. The van der Waals surface area contributed by atoms with Gasteiger partial charge in [0.05, 0.1) is 0 Å². The van der Waals surface area contributed by atoms with Crippen LogP contribution in [-0.4, -0.2) is 42.2 Å². The molecular weight excluding hydrogens is 244 g/mol. The summed E-state index contributed by atoms with van der Waals surface area (Å²) in [5.41, 5.74) is 6.25. The minimum atomic E-state index is -0.00253. The van der Waals surface area contributed by atoms with E-state index < -0.39 is 0 Å². The number of anilines is 1. The fourth-order valence-corrected chi connectivity index (χ4v) is 2.28. The van der Waals surface area contributed by atoms with Crippen molar-refractivity contribution in [3.8, 4) is 5.75 Å². The predicted octanol–water partition coefficient (Wildman–Crippen LogP) is 0.878. The molecule has 5 nitrogen and oxygen atoms in total. The molecule has 1 heterocycles. The summed E-state index contributed by atoms with van der Waals surface area (Å²) >= 11 is 0. The molecule has 5 heteroatoms. The molecule has 1 fully saturated rings. The Balaban J connectivity index is 1.77. The molecule has 0 spiro atoms. The van der Waals surface area contributed by atoms with Gasteiger partial charge in [0.2, 0.25) is 0 Å². The second kappa shape index (κ2) is 6.43. The van der Waals surface area contributed by atoms with Crippen molar-refractivity contribution >= 4 is 11.6 Å². The van der Waals surface area contributed by atoms with E-state index in [-0.39, 0.29) is 19.1 Å². The third kappa shape index (κ3) is 3.86. The maximum Gasteiger partial charge on any atom is 0.260 e. The van der Waals surface area contributed by atoms with Gasteiger partial charge in [0.1, 0.15) is 5.75 Å². The fraction of sp³-hybridized carbons (Fsp3) is 0.500. The Morgan fingerprint density at radius 1 is 1.42 bits per heavy atom. The van der Waals surface area contributed by atoms with Crippen LogP contribution in [0.3, 0.4) is 0 Å². The van der Waals surface area contributed by atoms with Crippen LogP contribution in [0.4, 0.5) is 5.69 Å². The van der Waals surface area contributed by atoms with Gasteiger partial charge in [-0.15, -0.1) is 0 Å². The smallest absolute Gasteiger partial charge is 0.260 e. The molecule has 1 aliphatic rings. The normalized spacial score (nSPS) is 18.6. The van der Waals surface area contributed by atoms with Crippen LogP contribution in [0.5, 0.6) is 5.75 Å². The molecule has 1 aromatic rings. The molecule has 19 heavy (non-hydrogen) atoms. The van der Waals surface area contributed by atoms with Crippen LogP contribution < -0.4 is 10.5 Å². The van der Waals surface area contributed by atoms with Crippen LogP contribution in [0.25, 0.3) is 0 Å². The molecule has 1 atom stereocenters. The molecule has 0 aromatic heterocycles. The number of nitrogens with two attached hydrogens (primary N) is 1. The van der Waals surface area contributed by atoms with Crippen LogP contribution in [-0.2, 0) is 4.79 Å². The molecule has 1 aromatic carbocycles. The lowest BCUT2D eigenvalue weighted by Gasteiger charge is -2.16. The molecule has 1 amide bonds. The van der Waals surface area contributed by atoms with Crippen molar-refractivity contribution in [3.05, 3.63) is 24.3 Å². The Bertz CT molecular complexity index is 419. The third-order valence-electron chi connectivity index (χ3n) is 3.42. The first kappa shape index (κ1) is 13.7. The van der Waals surface area contributed by atoms with Crippen molar-refractivity contribution in [3.63, 3.8) is 0 Å². The molecule has 1 saturated heterocycles. The molecular formula is C14H20N2O3. The van der Waals surface area contributed by atoms with Crippen LogP contribution in [0.15, 0.2) is 24.3 Å². The molecule has 0 aliphatic carbocycles. The molecule has 0 radical (unpaired) electrons. The first-order valence-corrected chi connectivity index (χ1v) is 6.56. The van der Waals surface area contributed by atoms with Gasteiger partial charge < -0.3 is 20.5 Å². The quantitative estimate of drug-likeness (QED) is 0.774. The van der Waals surface area contributed by atoms with Gasteiger partial charge in [0.15, 0.2) is 6.61 Å². The first-order chi connectivity index (χ1) is 9.19. The highest BCUT2D eigenvalue weighted by atomic mass is 16.5. The highest BCUT2D eigenvalue weighted by molar-refractivity contribution is 5.78. The van der Waals surface area contributed by atoms with Crippen LogP contribution in [0.2, 0.25) is 0 Å². The standard InChI is InChI=1S/C14H20N2O3/c15-12-1-3-13(4-2-12)19-10-14(18)16-7-5-11(9-16)6-8-17/h1-4,11,17H,5-10,15H2. The zero-order chi connectivity index (χ0) is 13.7. The number of nitrogens with zero attached hydrogens (tertiary/aromatic N) is 1. The van der Waals surface area contributed by atoms with Crippen LogP contribution in [0, 0.1) is 5.92 Å². The van der Waals surface area contributed by atoms with Gasteiger partial charge in [-0.25, -0.2) is 0 Å². The first-order valence-electron chi connectivity index (χ1n) is 6.56. The number of carbonyl (C=O) groups excluding carboxylic acids is 1. The zero-order valence-corrected chi connectivity index (χ0v) is 10.9. The van der Waals surface area contributed by atoms with Gasteiger partial charge in [-0.05, 0) is 43.0 Å². The average molecular weight is 264 g/mol. The number of ether oxygens (including phenoxy) is 1. The van der Waals surface area contributed by atoms with Gasteiger partial charge in [-0.2, -0.15) is 0 Å². The summed E-state index contributed by atoms with van der Waals surface area (Å²) in [6, 6.07) is 6.99. The SMILES string of the molecule is Nc1ccc(OCC(=O)N2CCC(CCO)C2)cc1. The second-order valence-corrected chi connectivity index (χ2v) is 4.86. The van der Waals surface area contributed by atoms with Crippen molar-refractivity contribution in [2.45, 2.75) is 12.8 Å². The summed E-state index contributed by atoms with van der Waals surface area (Å²) in [7, 11) is 0. The number of aliphatic hydroxyl groups excluding tert-OH is 1. The van der Waals surface area contributed by atoms with E-state index in [9.17, 15) is 4.79 Å². The van der Waals surface area contributed by atoms with Gasteiger partial charge in [-0.3, -0.25) is 4.79 Å². The lowest BCUT2D eigenvalue weighted by Crippen LogP contribution is -2.33. The molecule has 0 saturated carbocycles. The van der Waals surface area contributed by atoms with Gasteiger partial charge >= 0.3 is 0 Å². The van der Waals surface area contributed by atoms with E-state index in [4.69, 9.17) is 15.6 Å². The van der Waals surface area contributed by atoms with Gasteiger partial charge in [0.25, 0.3) is 5.91 Å². The number of benzene rings is 1. The average Bonchev–Trinajstić information content (AvgIpc) is 2.87. The number of hydrogen-bond acceptors (Lipinski definition) is 4. The summed E-state index contributed by atoms with van der Waals surface area (Å²) in [6.45, 7) is 1.73. The van der Waals surface area contributed by atoms with E-state index in [2.05, 4.69) is 0 Å². The van der Waals surface area contributed by atoms with Crippen molar-refractivity contribution in [2.75, 3.05) is 32.0 Å². The summed E-state index contributed by atoms with van der Waals surface area (Å²) in [5.74, 6) is 1.07. The summed E-state index contributed by atoms with van der Waals surface area (Å²) in [4.78, 5) is 13.8. The lowest BCUT2D eigenvalue weighted by atomic mass is 10.1. The van der Waals surface area contributed by atoms with E-state index in [1.165, 1.54) is 0 Å². The Morgan fingerprint density at radius 2 is 2.16 bits per heavy atom. The predicted molar refractivity (Wildman–Crippen MR) is 72.7 cm³/mol. The summed E-state index contributed by atoms with van der Waals surface area (Å²) in [5, 5.41) is 8.89. The number of nitrogen functional groups attached to an aromatic ring is 1. The van der Waals surface area contributed by atoms with Crippen molar-refractivity contribution in [1.82, 2.24) is 4.90 Å². The third-order valence-corrected chi connectivity index (χ3v) is 3.42. The topological polar surface area (TPSA) is 75.8 Å². The largest absolute Gasteiger partial charge is 0.484 e. The van der Waals surface area contributed by atoms with E-state index >= 15 is 0 Å². The Kier molecular flexibility index (Phi) is 4.63. The van der Waals surface area contributed by atoms with E-state index in [0.29, 0.717) is 17.4 Å². The van der Waals surface area contributed by atoms with E-state index in [1.54, 1.807) is 29.2 Å². The number of carbonyl (C=O) groups is 1. The molecule has 1 unspecified atom stereocenters. The Morgan fingerprint density at radius 3 is 2.84 bits per heavy atom. The highest BCUT2D eigenvalue weighted by Gasteiger charge is 2.25. The highest BCUT2D eigenvalue weighted by Crippen LogP contribution is 2.19. The van der Waals surface area contributed by atoms with Crippen LogP contribution in [0.1, 0.15) is 12.8 Å². The monoisotopic (exact) mass is 264 g/mol. The zero-order valence-electron chi connectivity index (χ0n) is 10.9. The number of amides is 1. The minimum Gasteiger partial charge on any atom is -0.484 e. The summed E-state index contributed by atoms with van der Waals surface area (Å²) in [6.07, 6.45) is 1.73. The Hall–Kier alpha value is -1.75. The Labute approximate surface area is 113 Å². The molecule has 0 bridgehead atoms. The number of hydrogen-bond donors (Lipinski definition) is 2. The lowest BCUT2D eigenvalue weighted by molar-refractivity contribution is -0.132. The van der Waals surface area contributed by atoms with Gasteiger partial charge in [0, 0.05) is 25.4 Å². The molecule has 104 valence electrons. The van der Waals surface area contributed by atoms with E-state index in [1.807, 2.05) is 0 Å². The van der Waals surface area contributed by atoms with Crippen LogP contribution >= 0.6 is 0 Å². The molecule has 1 aliphatic heterocycles. The van der Waals surface area contributed by atoms with Crippen molar-refractivity contribution < 1.29 is 14.6 Å². The second-order valence-electron chi connectivity index (χ2n) is 4.86. The fourth-order valence-electron chi connectivity index (χ4n) is 2.28. The van der Waals surface area contributed by atoms with Crippen molar-refractivity contribution in [2.24, 2.45) is 5.92 Å². The number of rotatable bonds is 5. The molecule has 3 N–H and O–H groups in total. The number of likely N-dealkylation sites (tertiary alicyclic amines) is 1. The maximum absolute atomic E-state index is 11.9. The van der Waals surface area contributed by atoms with Crippen molar-refractivity contribution in [1.29, 1.82) is 0 Å². The number of aliphatic hydroxyl groups is 1. The summed E-state index contributed by atoms with van der Waals surface area (Å²) < 4.78 is 5.43. The van der Waals surface area contributed by atoms with E-state index in [0.717, 1.165) is 25.9 Å².